The van der Waals surface area contributed by atoms with Gasteiger partial charge in [0.05, 0.1) is 37.2 Å². The Bertz CT molecular complexity index is 554. The molecule has 0 saturated heterocycles. The Labute approximate surface area is 117 Å². The van der Waals surface area contributed by atoms with Gasteiger partial charge in [0.1, 0.15) is 11.5 Å². The molecule has 0 atom stereocenters. The molecular weight excluding hydrogens is 260 g/mol. The van der Waals surface area contributed by atoms with E-state index in [0.29, 0.717) is 0 Å². The Hall–Kier alpha value is -1.75. The molecule has 0 saturated carbocycles. The number of hydrogen-bond acceptors (Lipinski definition) is 5. The second kappa shape index (κ2) is 5.93. The lowest BCUT2D eigenvalue weighted by molar-refractivity contribution is 0.394. The summed E-state index contributed by atoms with van der Waals surface area (Å²) in [4.78, 5) is 6.59. The first-order chi connectivity index (χ1) is 9.13. The Balaban J connectivity index is 2.20. The smallest absolute Gasteiger partial charge is 0.145 e. The fraction of sp³-hybridized carbons (Fsp3) is 0.357. The number of nitrogens with zero attached hydrogens (tertiary/aromatic N) is 2. The zero-order valence-electron chi connectivity index (χ0n) is 11.6. The van der Waals surface area contributed by atoms with Gasteiger partial charge in [0.25, 0.3) is 0 Å². The van der Waals surface area contributed by atoms with Gasteiger partial charge in [0.15, 0.2) is 0 Å². The monoisotopic (exact) mass is 278 g/mol. The van der Waals surface area contributed by atoms with Crippen LogP contribution in [0, 0.1) is 6.92 Å². The maximum Gasteiger partial charge on any atom is 0.145 e. The van der Waals surface area contributed by atoms with E-state index < -0.39 is 0 Å². The molecule has 0 aliphatic rings. The van der Waals surface area contributed by atoms with Crippen molar-refractivity contribution in [1.29, 1.82) is 0 Å². The summed E-state index contributed by atoms with van der Waals surface area (Å²) in [5, 5.41) is 3.17. The predicted octanol–water partition coefficient (Wildman–Crippen LogP) is 3.11. The summed E-state index contributed by atoms with van der Waals surface area (Å²) in [6.07, 6.45) is 0. The van der Waals surface area contributed by atoms with Gasteiger partial charge in [-0.2, -0.15) is 0 Å². The molecule has 102 valence electrons. The predicted molar refractivity (Wildman–Crippen MR) is 78.5 cm³/mol. The summed E-state index contributed by atoms with van der Waals surface area (Å²) < 4.78 is 10.6. The number of hydrogen-bond donors (Lipinski definition) is 0. The number of rotatable bonds is 5. The fourth-order valence-electron chi connectivity index (χ4n) is 1.91. The molecule has 5 heteroatoms. The van der Waals surface area contributed by atoms with Crippen molar-refractivity contribution >= 4 is 17.0 Å². The molecule has 2 rings (SSSR count). The topological polar surface area (TPSA) is 34.6 Å². The van der Waals surface area contributed by atoms with Crippen LogP contribution in [0.3, 0.4) is 0 Å². The van der Waals surface area contributed by atoms with Crippen molar-refractivity contribution in [3.05, 3.63) is 34.3 Å². The van der Waals surface area contributed by atoms with Crippen LogP contribution in [-0.2, 0) is 6.54 Å². The third-order valence-electron chi connectivity index (χ3n) is 2.86. The lowest BCUT2D eigenvalue weighted by atomic mass is 10.2. The van der Waals surface area contributed by atoms with Gasteiger partial charge in [0.2, 0.25) is 0 Å². The van der Waals surface area contributed by atoms with Crippen LogP contribution in [0.25, 0.3) is 0 Å². The quantitative estimate of drug-likeness (QED) is 0.841. The van der Waals surface area contributed by atoms with E-state index in [2.05, 4.69) is 15.3 Å². The number of benzene rings is 1. The van der Waals surface area contributed by atoms with Gasteiger partial charge in [-0.3, -0.25) is 0 Å². The molecule has 0 bridgehead atoms. The van der Waals surface area contributed by atoms with E-state index in [1.165, 1.54) is 0 Å². The average Bonchev–Trinajstić information content (AvgIpc) is 2.83. The minimum Gasteiger partial charge on any atom is -0.497 e. The Morgan fingerprint density at radius 3 is 2.63 bits per heavy atom. The van der Waals surface area contributed by atoms with Gasteiger partial charge < -0.3 is 14.4 Å². The van der Waals surface area contributed by atoms with Crippen LogP contribution in [0.1, 0.15) is 10.7 Å². The molecular formula is C14H18N2O2S. The fourth-order valence-corrected chi connectivity index (χ4v) is 2.51. The molecule has 0 aliphatic heterocycles. The number of aryl methyl sites for hydroxylation is 1. The number of aromatic nitrogens is 1. The van der Waals surface area contributed by atoms with Crippen molar-refractivity contribution in [2.24, 2.45) is 0 Å². The highest BCUT2D eigenvalue weighted by molar-refractivity contribution is 7.09. The van der Waals surface area contributed by atoms with Crippen molar-refractivity contribution in [3.8, 4) is 11.5 Å². The highest BCUT2D eigenvalue weighted by Gasteiger charge is 2.11. The third kappa shape index (κ3) is 3.17. The normalized spacial score (nSPS) is 10.3. The van der Waals surface area contributed by atoms with Crippen LogP contribution in [0.15, 0.2) is 23.6 Å². The SMILES string of the molecule is COc1ccc(N(C)Cc2csc(C)n2)c(OC)c1. The molecule has 0 fully saturated rings. The summed E-state index contributed by atoms with van der Waals surface area (Å²) >= 11 is 1.67. The molecule has 1 heterocycles. The molecule has 0 amide bonds. The molecule has 0 radical (unpaired) electrons. The maximum atomic E-state index is 5.41. The molecule has 19 heavy (non-hydrogen) atoms. The third-order valence-corrected chi connectivity index (χ3v) is 3.69. The average molecular weight is 278 g/mol. The number of ether oxygens (including phenoxy) is 2. The summed E-state index contributed by atoms with van der Waals surface area (Å²) in [5.74, 6) is 1.59. The molecule has 1 aromatic carbocycles. The van der Waals surface area contributed by atoms with E-state index in [9.17, 15) is 0 Å². The van der Waals surface area contributed by atoms with Crippen molar-refractivity contribution < 1.29 is 9.47 Å². The van der Waals surface area contributed by atoms with Gasteiger partial charge >= 0.3 is 0 Å². The highest BCUT2D eigenvalue weighted by Crippen LogP contribution is 2.32. The minimum absolute atomic E-state index is 0.757. The van der Waals surface area contributed by atoms with E-state index >= 15 is 0 Å². The Morgan fingerprint density at radius 2 is 2.05 bits per heavy atom. The minimum atomic E-state index is 0.757. The van der Waals surface area contributed by atoms with Crippen molar-refractivity contribution in [2.45, 2.75) is 13.5 Å². The summed E-state index contributed by atoms with van der Waals surface area (Å²) in [6, 6.07) is 5.82. The Morgan fingerprint density at radius 1 is 1.26 bits per heavy atom. The van der Waals surface area contributed by atoms with Crippen molar-refractivity contribution in [2.75, 3.05) is 26.2 Å². The number of thiazole rings is 1. The van der Waals surface area contributed by atoms with Crippen LogP contribution < -0.4 is 14.4 Å². The van der Waals surface area contributed by atoms with Crippen molar-refractivity contribution in [1.82, 2.24) is 4.98 Å². The molecule has 4 nitrogen and oxygen atoms in total. The van der Waals surface area contributed by atoms with Gasteiger partial charge in [-0.1, -0.05) is 0 Å². The van der Waals surface area contributed by atoms with Crippen LogP contribution in [0.5, 0.6) is 11.5 Å². The number of anilines is 1. The zero-order valence-corrected chi connectivity index (χ0v) is 12.5. The summed E-state index contributed by atoms with van der Waals surface area (Å²) in [6.45, 7) is 2.77. The van der Waals surface area contributed by atoms with Crippen LogP contribution in [-0.4, -0.2) is 26.3 Å². The summed E-state index contributed by atoms with van der Waals surface area (Å²) in [7, 11) is 5.34. The first-order valence-corrected chi connectivity index (χ1v) is 6.86. The molecule has 0 aliphatic carbocycles. The van der Waals surface area contributed by atoms with E-state index in [1.54, 1.807) is 25.6 Å². The summed E-state index contributed by atoms with van der Waals surface area (Å²) in [5.41, 5.74) is 2.09. The first kappa shape index (κ1) is 13.7. The number of methoxy groups -OCH3 is 2. The van der Waals surface area contributed by atoms with E-state index in [1.807, 2.05) is 32.2 Å². The largest absolute Gasteiger partial charge is 0.497 e. The van der Waals surface area contributed by atoms with Gasteiger partial charge in [-0.25, -0.2) is 4.98 Å². The van der Waals surface area contributed by atoms with E-state index in [0.717, 1.165) is 34.4 Å². The lowest BCUT2D eigenvalue weighted by Crippen LogP contribution is -2.17. The molecule has 1 aromatic heterocycles. The molecule has 0 spiro atoms. The van der Waals surface area contributed by atoms with Crippen LogP contribution in [0.4, 0.5) is 5.69 Å². The molecule has 0 unspecified atom stereocenters. The molecule has 0 N–H and O–H groups in total. The Kier molecular flexibility index (Phi) is 4.27. The van der Waals surface area contributed by atoms with Gasteiger partial charge in [0, 0.05) is 18.5 Å². The highest BCUT2D eigenvalue weighted by atomic mass is 32.1. The standard InChI is InChI=1S/C14H18N2O2S/c1-10-15-11(9-19-10)8-16(2)13-6-5-12(17-3)7-14(13)18-4/h5-7,9H,8H2,1-4H3. The van der Waals surface area contributed by atoms with Crippen LogP contribution >= 0.6 is 11.3 Å². The first-order valence-electron chi connectivity index (χ1n) is 5.98. The zero-order chi connectivity index (χ0) is 13.8. The van der Waals surface area contributed by atoms with Gasteiger partial charge in [-0.15, -0.1) is 11.3 Å². The van der Waals surface area contributed by atoms with E-state index in [-0.39, 0.29) is 0 Å². The maximum absolute atomic E-state index is 5.41. The second-order valence-electron chi connectivity index (χ2n) is 4.25. The van der Waals surface area contributed by atoms with Crippen LogP contribution in [0.2, 0.25) is 0 Å². The van der Waals surface area contributed by atoms with Gasteiger partial charge in [-0.05, 0) is 19.1 Å². The molecule has 2 aromatic rings. The van der Waals surface area contributed by atoms with Crippen molar-refractivity contribution in [3.63, 3.8) is 0 Å². The second-order valence-corrected chi connectivity index (χ2v) is 5.31. The van der Waals surface area contributed by atoms with E-state index in [4.69, 9.17) is 9.47 Å². The lowest BCUT2D eigenvalue weighted by Gasteiger charge is -2.21.